The van der Waals surface area contributed by atoms with Crippen molar-refractivity contribution in [2.24, 2.45) is 0 Å². The average molecular weight is 336 g/mol. The van der Waals surface area contributed by atoms with Gasteiger partial charge in [-0.25, -0.2) is 4.79 Å². The zero-order valence-corrected chi connectivity index (χ0v) is 15.6. The molecule has 0 aromatic heterocycles. The van der Waals surface area contributed by atoms with Crippen LogP contribution in [0.2, 0.25) is 0 Å². The Kier molecular flexibility index (Phi) is 6.37. The summed E-state index contributed by atoms with van der Waals surface area (Å²) in [6, 6.07) is 0. The van der Waals surface area contributed by atoms with Gasteiger partial charge in [0.05, 0.1) is 12.1 Å². The maximum absolute atomic E-state index is 11.8. The van der Waals surface area contributed by atoms with E-state index >= 15 is 0 Å². The van der Waals surface area contributed by atoms with Crippen molar-refractivity contribution in [3.8, 4) is 0 Å². The first-order valence-corrected chi connectivity index (χ1v) is 7.95. The molecule has 3 N–H and O–H groups in total. The molecule has 1 rings (SSSR count). The number of carboxylic acid groups (broad SMARTS) is 1. The largest absolute Gasteiger partial charge is 0.478 e. The molecule has 24 heavy (non-hydrogen) atoms. The highest BCUT2D eigenvalue weighted by Crippen LogP contribution is 2.31. The highest BCUT2D eigenvalue weighted by atomic mass is 16.6. The molecule has 0 aliphatic heterocycles. The second kappa shape index (κ2) is 7.66. The molecule has 0 saturated carbocycles. The summed E-state index contributed by atoms with van der Waals surface area (Å²) >= 11 is 0. The number of hydrogen-bond donors (Lipinski definition) is 3. The van der Waals surface area contributed by atoms with Gasteiger partial charge in [0.15, 0.2) is 0 Å². The van der Waals surface area contributed by atoms with Gasteiger partial charge in [-0.05, 0) is 63.8 Å². The molecule has 0 aliphatic carbocycles. The number of carbonyl (C=O) groups excluding carboxylic acids is 1. The minimum absolute atomic E-state index is 0.0708. The number of hydrogen-bond acceptors (Lipinski definition) is 5. The van der Waals surface area contributed by atoms with Crippen LogP contribution in [0.1, 0.15) is 53.4 Å². The van der Waals surface area contributed by atoms with Crippen molar-refractivity contribution >= 4 is 17.6 Å². The SMILES string of the molecule is CNc1c(C)c(CNCC(=O)OC(C)(C)C)c(C)c(C(=O)O)c1C. The highest BCUT2D eigenvalue weighted by Gasteiger charge is 2.21. The van der Waals surface area contributed by atoms with Crippen LogP contribution in [0.3, 0.4) is 0 Å². The van der Waals surface area contributed by atoms with Crippen molar-refractivity contribution in [1.82, 2.24) is 5.32 Å². The molecule has 0 aliphatic rings. The molecule has 0 heterocycles. The number of esters is 1. The van der Waals surface area contributed by atoms with Crippen LogP contribution in [0.25, 0.3) is 0 Å². The lowest BCUT2D eigenvalue weighted by Gasteiger charge is -2.22. The summed E-state index contributed by atoms with van der Waals surface area (Å²) in [6.07, 6.45) is 0. The standard InChI is InChI=1S/C18H28N2O4/c1-10-13(8-20-9-14(21)24-18(4,5)6)11(2)16(19-7)12(3)15(10)17(22)23/h19-20H,8-9H2,1-7H3,(H,22,23). The van der Waals surface area contributed by atoms with Crippen LogP contribution in [0.5, 0.6) is 0 Å². The van der Waals surface area contributed by atoms with Crippen molar-refractivity contribution in [2.75, 3.05) is 18.9 Å². The van der Waals surface area contributed by atoms with Gasteiger partial charge < -0.3 is 20.5 Å². The van der Waals surface area contributed by atoms with E-state index in [1.807, 2.05) is 27.7 Å². The molecular formula is C18H28N2O4. The van der Waals surface area contributed by atoms with Crippen molar-refractivity contribution in [3.05, 3.63) is 27.8 Å². The lowest BCUT2D eigenvalue weighted by Crippen LogP contribution is -2.31. The summed E-state index contributed by atoms with van der Waals surface area (Å²) < 4.78 is 5.25. The Morgan fingerprint density at radius 3 is 2.12 bits per heavy atom. The van der Waals surface area contributed by atoms with Gasteiger partial charge in [-0.3, -0.25) is 4.79 Å². The fraction of sp³-hybridized carbons (Fsp3) is 0.556. The molecule has 0 radical (unpaired) electrons. The first kappa shape index (κ1) is 20.0. The van der Waals surface area contributed by atoms with Crippen LogP contribution in [-0.4, -0.2) is 36.2 Å². The van der Waals surface area contributed by atoms with Crippen LogP contribution in [0, 0.1) is 20.8 Å². The second-order valence-electron chi connectivity index (χ2n) is 6.85. The number of benzene rings is 1. The Morgan fingerprint density at radius 1 is 1.08 bits per heavy atom. The van der Waals surface area contributed by atoms with Crippen molar-refractivity contribution in [1.29, 1.82) is 0 Å². The Balaban J connectivity index is 3.02. The van der Waals surface area contributed by atoms with Crippen molar-refractivity contribution in [2.45, 2.75) is 53.7 Å². The number of ether oxygens (including phenoxy) is 1. The predicted octanol–water partition coefficient (Wildman–Crippen LogP) is 2.78. The van der Waals surface area contributed by atoms with E-state index < -0.39 is 11.6 Å². The molecule has 1 aromatic carbocycles. The third-order valence-electron chi connectivity index (χ3n) is 3.86. The van der Waals surface area contributed by atoms with E-state index in [1.165, 1.54) is 0 Å². The minimum Gasteiger partial charge on any atom is -0.478 e. The summed E-state index contributed by atoms with van der Waals surface area (Å²) in [5.41, 5.74) is 3.89. The van der Waals surface area contributed by atoms with E-state index in [1.54, 1.807) is 20.9 Å². The van der Waals surface area contributed by atoms with E-state index in [2.05, 4.69) is 10.6 Å². The van der Waals surface area contributed by atoms with E-state index in [9.17, 15) is 14.7 Å². The van der Waals surface area contributed by atoms with Crippen LogP contribution >= 0.6 is 0 Å². The van der Waals surface area contributed by atoms with Gasteiger partial charge in [0.1, 0.15) is 5.60 Å². The monoisotopic (exact) mass is 336 g/mol. The topological polar surface area (TPSA) is 87.7 Å². The van der Waals surface area contributed by atoms with Gasteiger partial charge >= 0.3 is 11.9 Å². The normalized spacial score (nSPS) is 11.3. The number of rotatable bonds is 6. The van der Waals surface area contributed by atoms with Gasteiger partial charge in [0, 0.05) is 19.3 Å². The molecule has 0 amide bonds. The lowest BCUT2D eigenvalue weighted by atomic mass is 9.91. The Bertz CT molecular complexity index is 646. The number of carboxylic acids is 1. The van der Waals surface area contributed by atoms with Crippen LogP contribution in [0.4, 0.5) is 5.69 Å². The van der Waals surface area contributed by atoms with Crippen LogP contribution in [0.15, 0.2) is 0 Å². The highest BCUT2D eigenvalue weighted by molar-refractivity contribution is 5.94. The maximum Gasteiger partial charge on any atom is 0.336 e. The van der Waals surface area contributed by atoms with Crippen molar-refractivity contribution in [3.63, 3.8) is 0 Å². The minimum atomic E-state index is -0.949. The zero-order valence-electron chi connectivity index (χ0n) is 15.6. The van der Waals surface area contributed by atoms with Gasteiger partial charge in [0.2, 0.25) is 0 Å². The predicted molar refractivity (Wildman–Crippen MR) is 94.7 cm³/mol. The first-order chi connectivity index (χ1) is 11.0. The zero-order chi connectivity index (χ0) is 18.7. The molecule has 0 saturated heterocycles. The smallest absolute Gasteiger partial charge is 0.336 e. The van der Waals surface area contributed by atoms with Gasteiger partial charge in [0.25, 0.3) is 0 Å². The average Bonchev–Trinajstić information content (AvgIpc) is 2.40. The quantitative estimate of drug-likeness (QED) is 0.692. The van der Waals surface area contributed by atoms with Crippen LogP contribution in [-0.2, 0) is 16.1 Å². The van der Waals surface area contributed by atoms with E-state index in [0.717, 1.165) is 22.4 Å². The molecule has 6 nitrogen and oxygen atoms in total. The first-order valence-electron chi connectivity index (χ1n) is 7.95. The third-order valence-corrected chi connectivity index (χ3v) is 3.86. The fourth-order valence-electron chi connectivity index (χ4n) is 2.90. The number of nitrogens with one attached hydrogen (secondary N) is 2. The summed E-state index contributed by atoms with van der Waals surface area (Å²) in [5.74, 6) is -1.29. The summed E-state index contributed by atoms with van der Waals surface area (Å²) in [6.45, 7) is 11.5. The number of aromatic carboxylic acids is 1. The second-order valence-corrected chi connectivity index (χ2v) is 6.85. The molecule has 134 valence electrons. The summed E-state index contributed by atoms with van der Waals surface area (Å²) in [5, 5.41) is 15.6. The Hall–Kier alpha value is -2.08. The lowest BCUT2D eigenvalue weighted by molar-refractivity contribution is -0.153. The molecule has 1 aromatic rings. The maximum atomic E-state index is 11.8. The number of anilines is 1. The van der Waals surface area contributed by atoms with Gasteiger partial charge in [-0.2, -0.15) is 0 Å². The Morgan fingerprint density at radius 2 is 1.67 bits per heavy atom. The van der Waals surface area contributed by atoms with E-state index in [0.29, 0.717) is 17.7 Å². The fourth-order valence-corrected chi connectivity index (χ4v) is 2.90. The van der Waals surface area contributed by atoms with Gasteiger partial charge in [-0.1, -0.05) is 0 Å². The molecule has 0 spiro atoms. The Labute approximate surface area is 143 Å². The van der Waals surface area contributed by atoms with E-state index in [-0.39, 0.29) is 12.5 Å². The molecule has 0 atom stereocenters. The summed E-state index contributed by atoms with van der Waals surface area (Å²) in [4.78, 5) is 23.4. The van der Waals surface area contributed by atoms with Crippen molar-refractivity contribution < 1.29 is 19.4 Å². The molecule has 6 heteroatoms. The van der Waals surface area contributed by atoms with E-state index in [4.69, 9.17) is 4.74 Å². The molecular weight excluding hydrogens is 308 g/mol. The van der Waals surface area contributed by atoms with Gasteiger partial charge in [-0.15, -0.1) is 0 Å². The molecule has 0 fully saturated rings. The third kappa shape index (κ3) is 4.71. The molecule has 0 bridgehead atoms. The number of carbonyl (C=O) groups is 2. The van der Waals surface area contributed by atoms with Crippen LogP contribution < -0.4 is 10.6 Å². The summed E-state index contributed by atoms with van der Waals surface area (Å²) in [7, 11) is 1.77. The molecule has 0 unspecified atom stereocenters.